The summed E-state index contributed by atoms with van der Waals surface area (Å²) in [6.07, 6.45) is 4.23. The minimum atomic E-state index is -0.0907. The average Bonchev–Trinajstić information content (AvgIpc) is 3.03. The Labute approximate surface area is 123 Å². The maximum atomic E-state index is 12.1. The average molecular weight is 292 g/mol. The van der Waals surface area contributed by atoms with E-state index in [9.17, 15) is 4.79 Å². The van der Waals surface area contributed by atoms with E-state index in [1.54, 1.807) is 6.20 Å². The molecule has 1 aromatic rings. The van der Waals surface area contributed by atoms with E-state index in [1.165, 1.54) is 12.8 Å². The van der Waals surface area contributed by atoms with Gasteiger partial charge < -0.3 is 15.5 Å². The van der Waals surface area contributed by atoms with Crippen molar-refractivity contribution in [3.05, 3.63) is 18.3 Å². The summed E-state index contributed by atoms with van der Waals surface area (Å²) in [6.45, 7) is 3.07. The molecule has 3 rings (SSSR count). The summed E-state index contributed by atoms with van der Waals surface area (Å²) in [4.78, 5) is 18.8. The highest BCUT2D eigenvalue weighted by atomic mass is 32.2. The lowest BCUT2D eigenvalue weighted by atomic mass is 10.3. The van der Waals surface area contributed by atoms with Crippen molar-refractivity contribution in [1.82, 2.24) is 10.3 Å². The first-order valence-electron chi connectivity index (χ1n) is 7.16. The Morgan fingerprint density at radius 1 is 1.40 bits per heavy atom. The number of pyridine rings is 1. The Morgan fingerprint density at radius 2 is 2.25 bits per heavy atom. The zero-order valence-electron chi connectivity index (χ0n) is 11.5. The Hall–Kier alpha value is -1.27. The van der Waals surface area contributed by atoms with Gasteiger partial charge in [-0.3, -0.25) is 4.79 Å². The zero-order chi connectivity index (χ0) is 13.8. The van der Waals surface area contributed by atoms with Crippen molar-refractivity contribution in [3.8, 4) is 0 Å². The molecule has 0 radical (unpaired) electrons. The Morgan fingerprint density at radius 3 is 2.90 bits per heavy atom. The van der Waals surface area contributed by atoms with Crippen molar-refractivity contribution in [2.45, 2.75) is 18.9 Å². The molecule has 20 heavy (non-hydrogen) atoms. The van der Waals surface area contributed by atoms with E-state index in [2.05, 4.69) is 20.5 Å². The van der Waals surface area contributed by atoms with Gasteiger partial charge in [0.25, 0.3) is 0 Å². The lowest BCUT2D eigenvalue weighted by Gasteiger charge is -2.22. The highest BCUT2D eigenvalue weighted by molar-refractivity contribution is 7.99. The van der Waals surface area contributed by atoms with E-state index in [4.69, 9.17) is 0 Å². The molecule has 2 saturated heterocycles. The fraction of sp³-hybridized carbons (Fsp3) is 0.571. The third-order valence-corrected chi connectivity index (χ3v) is 4.75. The molecule has 5 nitrogen and oxygen atoms in total. The van der Waals surface area contributed by atoms with Gasteiger partial charge in [0.05, 0.1) is 17.9 Å². The molecule has 2 fully saturated rings. The van der Waals surface area contributed by atoms with E-state index < -0.39 is 0 Å². The van der Waals surface area contributed by atoms with Gasteiger partial charge in [-0.15, -0.1) is 0 Å². The van der Waals surface area contributed by atoms with E-state index in [1.807, 2.05) is 23.9 Å². The summed E-state index contributed by atoms with van der Waals surface area (Å²) in [5.74, 6) is 2.96. The van der Waals surface area contributed by atoms with Crippen molar-refractivity contribution >= 4 is 29.2 Å². The maximum absolute atomic E-state index is 12.1. The molecule has 1 atom stereocenters. The van der Waals surface area contributed by atoms with Gasteiger partial charge in [0, 0.05) is 31.1 Å². The van der Waals surface area contributed by atoms with Crippen LogP contribution in [0.5, 0.6) is 0 Å². The molecule has 2 aliphatic rings. The third kappa shape index (κ3) is 3.24. The molecule has 0 aliphatic carbocycles. The lowest BCUT2D eigenvalue weighted by molar-refractivity contribution is -0.117. The van der Waals surface area contributed by atoms with Crippen LogP contribution in [0.3, 0.4) is 0 Å². The summed E-state index contributed by atoms with van der Waals surface area (Å²) in [6, 6.07) is 3.84. The van der Waals surface area contributed by atoms with Crippen LogP contribution in [0.15, 0.2) is 18.3 Å². The van der Waals surface area contributed by atoms with Crippen LogP contribution in [0.2, 0.25) is 0 Å². The topological polar surface area (TPSA) is 57.3 Å². The van der Waals surface area contributed by atoms with Crippen molar-refractivity contribution in [2.75, 3.05) is 41.4 Å². The standard InChI is InChI=1S/C14H20N4OS/c19-14(12-10-20-8-5-15-12)17-11-3-4-13(16-9-11)18-6-1-2-7-18/h3-4,9,12,15H,1-2,5-8,10H2,(H,17,19). The van der Waals surface area contributed by atoms with Gasteiger partial charge in [0.1, 0.15) is 5.82 Å². The first-order valence-corrected chi connectivity index (χ1v) is 8.31. The Balaban J connectivity index is 1.58. The minimum absolute atomic E-state index is 0.0351. The van der Waals surface area contributed by atoms with Gasteiger partial charge in [0.15, 0.2) is 0 Å². The van der Waals surface area contributed by atoms with Crippen molar-refractivity contribution in [2.24, 2.45) is 0 Å². The van der Waals surface area contributed by atoms with Crippen LogP contribution in [0.25, 0.3) is 0 Å². The smallest absolute Gasteiger partial charge is 0.242 e. The van der Waals surface area contributed by atoms with Gasteiger partial charge in [-0.1, -0.05) is 0 Å². The number of anilines is 2. The van der Waals surface area contributed by atoms with E-state index in [-0.39, 0.29) is 11.9 Å². The number of rotatable bonds is 3. The quantitative estimate of drug-likeness (QED) is 0.880. The zero-order valence-corrected chi connectivity index (χ0v) is 12.3. The number of hydrogen-bond donors (Lipinski definition) is 2. The SMILES string of the molecule is O=C(Nc1ccc(N2CCCC2)nc1)C1CSCCN1. The first-order chi connectivity index (χ1) is 9.83. The molecular formula is C14H20N4OS. The second kappa shape index (κ2) is 6.45. The number of nitrogens with one attached hydrogen (secondary N) is 2. The molecule has 108 valence electrons. The van der Waals surface area contributed by atoms with Crippen LogP contribution in [0.1, 0.15) is 12.8 Å². The molecule has 1 amide bonds. The van der Waals surface area contributed by atoms with Gasteiger partial charge >= 0.3 is 0 Å². The summed E-state index contributed by atoms with van der Waals surface area (Å²) in [5.41, 5.74) is 0.773. The first kappa shape index (κ1) is 13.7. The highest BCUT2D eigenvalue weighted by Gasteiger charge is 2.21. The number of carbonyl (C=O) groups is 1. The third-order valence-electron chi connectivity index (χ3n) is 3.68. The molecule has 0 bridgehead atoms. The molecule has 1 aromatic heterocycles. The lowest BCUT2D eigenvalue weighted by Crippen LogP contribution is -2.46. The predicted molar refractivity (Wildman–Crippen MR) is 83.4 cm³/mol. The van der Waals surface area contributed by atoms with Crippen LogP contribution in [0, 0.1) is 0 Å². The molecule has 2 N–H and O–H groups in total. The number of thioether (sulfide) groups is 1. The molecule has 2 aliphatic heterocycles. The van der Waals surface area contributed by atoms with Crippen molar-refractivity contribution in [3.63, 3.8) is 0 Å². The van der Waals surface area contributed by atoms with Crippen LogP contribution in [0.4, 0.5) is 11.5 Å². The summed E-state index contributed by atoms with van der Waals surface area (Å²) < 4.78 is 0. The Kier molecular flexibility index (Phi) is 4.42. The van der Waals surface area contributed by atoms with Crippen molar-refractivity contribution in [1.29, 1.82) is 0 Å². The maximum Gasteiger partial charge on any atom is 0.242 e. The highest BCUT2D eigenvalue weighted by Crippen LogP contribution is 2.19. The van der Waals surface area contributed by atoms with Gasteiger partial charge in [-0.25, -0.2) is 4.98 Å². The van der Waals surface area contributed by atoms with Crippen LogP contribution < -0.4 is 15.5 Å². The van der Waals surface area contributed by atoms with E-state index in [0.29, 0.717) is 0 Å². The summed E-state index contributed by atoms with van der Waals surface area (Å²) in [5, 5.41) is 6.17. The predicted octanol–water partition coefficient (Wildman–Crippen LogP) is 1.33. The molecule has 0 saturated carbocycles. The fourth-order valence-electron chi connectivity index (χ4n) is 2.56. The van der Waals surface area contributed by atoms with Crippen LogP contribution in [-0.2, 0) is 4.79 Å². The molecule has 1 unspecified atom stereocenters. The van der Waals surface area contributed by atoms with Crippen LogP contribution in [-0.4, -0.2) is 48.1 Å². The number of nitrogens with zero attached hydrogens (tertiary/aromatic N) is 2. The second-order valence-corrected chi connectivity index (χ2v) is 6.32. The van der Waals surface area contributed by atoms with Crippen LogP contribution >= 0.6 is 11.8 Å². The van der Waals surface area contributed by atoms with E-state index >= 15 is 0 Å². The summed E-state index contributed by atoms with van der Waals surface area (Å²) >= 11 is 1.82. The second-order valence-electron chi connectivity index (χ2n) is 5.17. The number of amides is 1. The summed E-state index contributed by atoms with van der Waals surface area (Å²) in [7, 11) is 0. The van der Waals surface area contributed by atoms with Gasteiger partial charge in [0.2, 0.25) is 5.91 Å². The normalized spacial score (nSPS) is 22.8. The molecule has 0 aromatic carbocycles. The molecular weight excluding hydrogens is 272 g/mol. The van der Waals surface area contributed by atoms with Gasteiger partial charge in [-0.2, -0.15) is 11.8 Å². The number of aromatic nitrogens is 1. The fourth-order valence-corrected chi connectivity index (χ4v) is 3.49. The number of hydrogen-bond acceptors (Lipinski definition) is 5. The monoisotopic (exact) mass is 292 g/mol. The van der Waals surface area contributed by atoms with Gasteiger partial charge in [-0.05, 0) is 25.0 Å². The Bertz CT molecular complexity index is 453. The van der Waals surface area contributed by atoms with Crippen molar-refractivity contribution < 1.29 is 4.79 Å². The molecule has 0 spiro atoms. The largest absolute Gasteiger partial charge is 0.357 e. The number of carbonyl (C=O) groups excluding carboxylic acids is 1. The van der Waals surface area contributed by atoms with E-state index in [0.717, 1.165) is 42.6 Å². The molecule has 3 heterocycles. The molecule has 6 heteroatoms. The minimum Gasteiger partial charge on any atom is -0.357 e.